The molecular weight excluding hydrogens is 289 g/mol. The lowest BCUT2D eigenvalue weighted by molar-refractivity contribution is -0.126. The first kappa shape index (κ1) is 16.3. The van der Waals surface area contributed by atoms with Crippen molar-refractivity contribution in [1.82, 2.24) is 5.32 Å². The van der Waals surface area contributed by atoms with Crippen molar-refractivity contribution in [3.8, 4) is 0 Å². The second-order valence-corrected chi connectivity index (χ2v) is 7.10. The van der Waals surface area contributed by atoms with E-state index in [1.165, 1.54) is 23.9 Å². The van der Waals surface area contributed by atoms with Crippen LogP contribution in [-0.2, 0) is 4.79 Å². The van der Waals surface area contributed by atoms with E-state index in [-0.39, 0.29) is 24.2 Å². The third-order valence-corrected chi connectivity index (χ3v) is 5.25. The molecule has 2 N–H and O–H groups in total. The van der Waals surface area contributed by atoms with Crippen LogP contribution < -0.4 is 5.32 Å². The number of aliphatic hydroxyl groups is 1. The van der Waals surface area contributed by atoms with E-state index in [4.69, 9.17) is 0 Å². The smallest absolute Gasteiger partial charge is 0.224 e. The molecule has 1 saturated carbocycles. The Bertz CT molecular complexity index is 490. The molecular formula is C16H22FNO2S. The zero-order valence-electron chi connectivity index (χ0n) is 12.4. The van der Waals surface area contributed by atoms with Gasteiger partial charge in [-0.05, 0) is 49.9 Å². The molecule has 0 saturated heterocycles. The Labute approximate surface area is 129 Å². The summed E-state index contributed by atoms with van der Waals surface area (Å²) in [6.45, 7) is 3.75. The van der Waals surface area contributed by atoms with Crippen molar-refractivity contribution in [3.63, 3.8) is 0 Å². The van der Waals surface area contributed by atoms with Crippen molar-refractivity contribution >= 4 is 17.7 Å². The molecule has 3 nitrogen and oxygen atoms in total. The minimum atomic E-state index is -0.494. The summed E-state index contributed by atoms with van der Waals surface area (Å²) in [5.41, 5.74) is -0.494. The SMILES string of the molecule is CC(CSc1ccc(F)cc1)C(=O)NC(C)(CO)C1CC1. The lowest BCUT2D eigenvalue weighted by Gasteiger charge is -2.30. The number of amides is 1. The highest BCUT2D eigenvalue weighted by Gasteiger charge is 2.42. The topological polar surface area (TPSA) is 49.3 Å². The van der Waals surface area contributed by atoms with E-state index in [1.807, 2.05) is 13.8 Å². The first-order valence-electron chi connectivity index (χ1n) is 7.26. The number of nitrogens with one attached hydrogen (secondary N) is 1. The summed E-state index contributed by atoms with van der Waals surface area (Å²) in [5.74, 6) is 0.568. The van der Waals surface area contributed by atoms with Gasteiger partial charge in [-0.3, -0.25) is 4.79 Å². The third kappa shape index (κ3) is 4.45. The number of benzene rings is 1. The molecule has 0 radical (unpaired) electrons. The number of halogens is 1. The Morgan fingerprint density at radius 1 is 1.48 bits per heavy atom. The Morgan fingerprint density at radius 2 is 2.10 bits per heavy atom. The Hall–Kier alpha value is -1.07. The Balaban J connectivity index is 1.83. The monoisotopic (exact) mass is 311 g/mol. The first-order chi connectivity index (χ1) is 9.94. The lowest BCUT2D eigenvalue weighted by Crippen LogP contribution is -2.52. The number of hydrogen-bond donors (Lipinski definition) is 2. The van der Waals surface area contributed by atoms with E-state index in [9.17, 15) is 14.3 Å². The van der Waals surface area contributed by atoms with E-state index in [0.29, 0.717) is 11.7 Å². The molecule has 1 aromatic carbocycles. The molecule has 0 bridgehead atoms. The molecule has 1 amide bonds. The number of carbonyl (C=O) groups excluding carboxylic acids is 1. The van der Waals surface area contributed by atoms with Crippen molar-refractivity contribution in [2.45, 2.75) is 37.1 Å². The van der Waals surface area contributed by atoms with Crippen molar-refractivity contribution in [2.75, 3.05) is 12.4 Å². The normalized spacial score (nSPS) is 18.9. The zero-order valence-corrected chi connectivity index (χ0v) is 13.3. The van der Waals surface area contributed by atoms with Crippen molar-refractivity contribution in [3.05, 3.63) is 30.1 Å². The van der Waals surface area contributed by atoms with Crippen LogP contribution in [0.4, 0.5) is 4.39 Å². The zero-order chi connectivity index (χ0) is 15.5. The van der Waals surface area contributed by atoms with Gasteiger partial charge in [-0.25, -0.2) is 4.39 Å². The maximum absolute atomic E-state index is 12.8. The summed E-state index contributed by atoms with van der Waals surface area (Å²) in [6, 6.07) is 6.27. The summed E-state index contributed by atoms with van der Waals surface area (Å²) in [6.07, 6.45) is 2.13. The van der Waals surface area contributed by atoms with Crippen LogP contribution in [0.5, 0.6) is 0 Å². The fourth-order valence-electron chi connectivity index (χ4n) is 2.22. The first-order valence-corrected chi connectivity index (χ1v) is 8.24. The van der Waals surface area contributed by atoms with Gasteiger partial charge in [0.15, 0.2) is 0 Å². The minimum Gasteiger partial charge on any atom is -0.394 e. The van der Waals surface area contributed by atoms with E-state index in [0.717, 1.165) is 17.7 Å². The predicted octanol–water partition coefficient (Wildman–Crippen LogP) is 2.83. The Kier molecular flexibility index (Phi) is 5.27. The van der Waals surface area contributed by atoms with Crippen LogP contribution in [0.25, 0.3) is 0 Å². The quantitative estimate of drug-likeness (QED) is 0.761. The average Bonchev–Trinajstić information content (AvgIpc) is 3.31. The van der Waals surface area contributed by atoms with Gasteiger partial charge in [-0.15, -0.1) is 11.8 Å². The molecule has 2 unspecified atom stereocenters. The highest BCUT2D eigenvalue weighted by Crippen LogP contribution is 2.39. The number of thioether (sulfide) groups is 1. The highest BCUT2D eigenvalue weighted by atomic mass is 32.2. The van der Waals surface area contributed by atoms with Crippen LogP contribution in [0.3, 0.4) is 0 Å². The van der Waals surface area contributed by atoms with E-state index < -0.39 is 5.54 Å². The van der Waals surface area contributed by atoms with Crippen molar-refractivity contribution < 1.29 is 14.3 Å². The van der Waals surface area contributed by atoms with Crippen molar-refractivity contribution in [1.29, 1.82) is 0 Å². The summed E-state index contributed by atoms with van der Waals surface area (Å²) >= 11 is 1.53. The highest BCUT2D eigenvalue weighted by molar-refractivity contribution is 7.99. The van der Waals surface area contributed by atoms with Crippen LogP contribution in [0.1, 0.15) is 26.7 Å². The van der Waals surface area contributed by atoms with Crippen LogP contribution in [0.2, 0.25) is 0 Å². The predicted molar refractivity (Wildman–Crippen MR) is 82.6 cm³/mol. The number of aliphatic hydroxyl groups excluding tert-OH is 1. The molecule has 21 heavy (non-hydrogen) atoms. The third-order valence-electron chi connectivity index (χ3n) is 3.98. The van der Waals surface area contributed by atoms with E-state index in [2.05, 4.69) is 5.32 Å². The molecule has 5 heteroatoms. The Morgan fingerprint density at radius 3 is 2.62 bits per heavy atom. The van der Waals surface area contributed by atoms with Gasteiger partial charge in [-0.2, -0.15) is 0 Å². The van der Waals surface area contributed by atoms with Gasteiger partial charge in [0, 0.05) is 16.6 Å². The maximum atomic E-state index is 12.8. The van der Waals surface area contributed by atoms with Gasteiger partial charge >= 0.3 is 0 Å². The average molecular weight is 311 g/mol. The molecule has 2 atom stereocenters. The molecule has 1 aliphatic rings. The number of carbonyl (C=O) groups is 1. The molecule has 1 aromatic rings. The van der Waals surface area contributed by atoms with E-state index in [1.54, 1.807) is 12.1 Å². The minimum absolute atomic E-state index is 0.0266. The van der Waals surface area contributed by atoms with Gasteiger partial charge in [0.05, 0.1) is 12.1 Å². The van der Waals surface area contributed by atoms with Crippen LogP contribution in [-0.4, -0.2) is 28.9 Å². The molecule has 1 fully saturated rings. The fraction of sp³-hybridized carbons (Fsp3) is 0.562. The van der Waals surface area contributed by atoms with Gasteiger partial charge in [0.2, 0.25) is 5.91 Å². The molecule has 1 aliphatic carbocycles. The summed E-state index contributed by atoms with van der Waals surface area (Å²) in [7, 11) is 0. The number of rotatable bonds is 7. The molecule has 116 valence electrons. The van der Waals surface area contributed by atoms with Gasteiger partial charge < -0.3 is 10.4 Å². The fourth-order valence-corrected chi connectivity index (χ4v) is 3.15. The molecule has 2 rings (SSSR count). The van der Waals surface area contributed by atoms with Gasteiger partial charge in [0.1, 0.15) is 5.82 Å². The van der Waals surface area contributed by atoms with Crippen molar-refractivity contribution in [2.24, 2.45) is 11.8 Å². The summed E-state index contributed by atoms with van der Waals surface area (Å²) in [4.78, 5) is 13.2. The largest absolute Gasteiger partial charge is 0.394 e. The van der Waals surface area contributed by atoms with Gasteiger partial charge in [-0.1, -0.05) is 6.92 Å². The second kappa shape index (κ2) is 6.79. The van der Waals surface area contributed by atoms with Crippen LogP contribution >= 0.6 is 11.8 Å². The van der Waals surface area contributed by atoms with Gasteiger partial charge in [0.25, 0.3) is 0 Å². The molecule has 0 spiro atoms. The van der Waals surface area contributed by atoms with E-state index >= 15 is 0 Å². The summed E-state index contributed by atoms with van der Waals surface area (Å²) < 4.78 is 12.8. The van der Waals surface area contributed by atoms with Crippen LogP contribution in [0.15, 0.2) is 29.2 Å². The standard InChI is InChI=1S/C16H22FNO2S/c1-11(9-21-14-7-5-13(17)6-8-14)15(20)18-16(2,10-19)12-3-4-12/h5-8,11-12,19H,3-4,9-10H2,1-2H3,(H,18,20). The number of hydrogen-bond acceptors (Lipinski definition) is 3. The maximum Gasteiger partial charge on any atom is 0.224 e. The molecule has 0 aromatic heterocycles. The second-order valence-electron chi connectivity index (χ2n) is 6.01. The molecule has 0 aliphatic heterocycles. The summed E-state index contributed by atoms with van der Waals surface area (Å²) in [5, 5.41) is 12.5. The molecule has 0 heterocycles. The van der Waals surface area contributed by atoms with Crippen LogP contribution in [0, 0.1) is 17.7 Å². The lowest BCUT2D eigenvalue weighted by atomic mass is 9.96.